The lowest BCUT2D eigenvalue weighted by molar-refractivity contribution is -0.137. The van der Waals surface area contributed by atoms with Gasteiger partial charge in [0.05, 0.1) is 4.90 Å². The summed E-state index contributed by atoms with van der Waals surface area (Å²) in [5.41, 5.74) is 0.349. The number of nitrogens with one attached hydrogen (secondary N) is 1. The molecule has 0 bridgehead atoms. The van der Waals surface area contributed by atoms with Crippen LogP contribution in [-0.2, 0) is 14.8 Å². The lowest BCUT2D eigenvalue weighted by Gasteiger charge is -2.12. The topological polar surface area (TPSA) is 83.5 Å². The Labute approximate surface area is 124 Å². The number of benzene rings is 1. The zero-order chi connectivity index (χ0) is 16.0. The first kappa shape index (κ1) is 17.6. The second-order valence-electron chi connectivity index (χ2n) is 5.13. The van der Waals surface area contributed by atoms with E-state index in [1.807, 2.05) is 6.92 Å². The van der Waals surface area contributed by atoms with Crippen LogP contribution in [0.2, 0.25) is 0 Å². The molecule has 0 aliphatic carbocycles. The highest BCUT2D eigenvalue weighted by Gasteiger charge is 2.17. The van der Waals surface area contributed by atoms with Crippen molar-refractivity contribution >= 4 is 16.0 Å². The summed E-state index contributed by atoms with van der Waals surface area (Å²) in [5.74, 6) is -1.23. The van der Waals surface area contributed by atoms with E-state index in [4.69, 9.17) is 5.11 Å². The van der Waals surface area contributed by atoms with E-state index >= 15 is 0 Å². The van der Waals surface area contributed by atoms with E-state index in [1.54, 1.807) is 0 Å². The van der Waals surface area contributed by atoms with Crippen LogP contribution in [0, 0.1) is 18.7 Å². The Morgan fingerprint density at radius 1 is 1.38 bits per heavy atom. The van der Waals surface area contributed by atoms with Gasteiger partial charge in [0.25, 0.3) is 0 Å². The van der Waals surface area contributed by atoms with Gasteiger partial charge in [0, 0.05) is 13.0 Å². The molecule has 0 aliphatic heterocycles. The zero-order valence-electron chi connectivity index (χ0n) is 12.1. The van der Waals surface area contributed by atoms with Gasteiger partial charge in [-0.1, -0.05) is 6.92 Å². The number of carboxylic acids is 1. The molecule has 2 N–H and O–H groups in total. The van der Waals surface area contributed by atoms with Gasteiger partial charge in [0.15, 0.2) is 0 Å². The second kappa shape index (κ2) is 7.51. The summed E-state index contributed by atoms with van der Waals surface area (Å²) < 4.78 is 39.6. The molecule has 1 unspecified atom stereocenters. The molecule has 0 radical (unpaired) electrons. The largest absolute Gasteiger partial charge is 0.481 e. The van der Waals surface area contributed by atoms with Crippen LogP contribution in [-0.4, -0.2) is 26.0 Å². The number of carbonyl (C=O) groups is 1. The van der Waals surface area contributed by atoms with Gasteiger partial charge in [-0.2, -0.15) is 0 Å². The van der Waals surface area contributed by atoms with Crippen molar-refractivity contribution in [2.75, 3.05) is 6.54 Å². The molecule has 0 saturated carbocycles. The molecule has 5 nitrogen and oxygen atoms in total. The van der Waals surface area contributed by atoms with E-state index in [9.17, 15) is 17.6 Å². The van der Waals surface area contributed by atoms with Crippen LogP contribution in [0.15, 0.2) is 23.1 Å². The van der Waals surface area contributed by atoms with Gasteiger partial charge in [-0.25, -0.2) is 17.5 Å². The number of halogens is 1. The first-order valence-corrected chi connectivity index (χ1v) is 8.18. The summed E-state index contributed by atoms with van der Waals surface area (Å²) in [6.07, 6.45) is 1.13. The average molecular weight is 317 g/mol. The van der Waals surface area contributed by atoms with E-state index < -0.39 is 21.8 Å². The number of hydrogen-bond acceptors (Lipinski definition) is 3. The Hall–Kier alpha value is -1.47. The predicted octanol–water partition coefficient (Wildman–Crippen LogP) is 2.30. The van der Waals surface area contributed by atoms with Crippen LogP contribution in [0.4, 0.5) is 4.39 Å². The number of carboxylic acid groups (broad SMARTS) is 1. The molecule has 1 aromatic carbocycles. The average Bonchev–Trinajstić information content (AvgIpc) is 2.35. The molecule has 7 heteroatoms. The van der Waals surface area contributed by atoms with Crippen molar-refractivity contribution in [2.24, 2.45) is 5.92 Å². The molecular formula is C14H20FNO4S. The Morgan fingerprint density at radius 2 is 2.05 bits per heavy atom. The monoisotopic (exact) mass is 317 g/mol. The molecule has 1 aromatic rings. The van der Waals surface area contributed by atoms with Crippen molar-refractivity contribution in [1.82, 2.24) is 4.72 Å². The lowest BCUT2D eigenvalue weighted by atomic mass is 10.0. The number of hydrogen-bond donors (Lipinski definition) is 2. The molecule has 1 atom stereocenters. The molecular weight excluding hydrogens is 297 g/mol. The van der Waals surface area contributed by atoms with Crippen molar-refractivity contribution in [3.63, 3.8) is 0 Å². The van der Waals surface area contributed by atoms with Crippen molar-refractivity contribution in [3.05, 3.63) is 29.6 Å². The van der Waals surface area contributed by atoms with Gasteiger partial charge < -0.3 is 5.11 Å². The van der Waals surface area contributed by atoms with E-state index in [-0.39, 0.29) is 23.8 Å². The van der Waals surface area contributed by atoms with Crippen LogP contribution >= 0.6 is 0 Å². The molecule has 0 fully saturated rings. The minimum Gasteiger partial charge on any atom is -0.481 e. The Bertz CT molecular complexity index is 601. The maximum absolute atomic E-state index is 13.0. The van der Waals surface area contributed by atoms with Gasteiger partial charge in [0.1, 0.15) is 5.82 Å². The fourth-order valence-corrected chi connectivity index (χ4v) is 3.22. The molecule has 1 rings (SSSR count). The number of aliphatic carboxylic acids is 1. The van der Waals surface area contributed by atoms with Crippen molar-refractivity contribution in [1.29, 1.82) is 0 Å². The van der Waals surface area contributed by atoms with E-state index in [0.717, 1.165) is 6.07 Å². The fraction of sp³-hybridized carbons (Fsp3) is 0.500. The normalized spacial score (nSPS) is 13.1. The third-order valence-electron chi connectivity index (χ3n) is 3.21. The van der Waals surface area contributed by atoms with Crippen LogP contribution < -0.4 is 4.72 Å². The highest BCUT2D eigenvalue weighted by Crippen LogP contribution is 2.16. The van der Waals surface area contributed by atoms with Gasteiger partial charge in [-0.3, -0.25) is 4.79 Å². The molecule has 0 aromatic heterocycles. The van der Waals surface area contributed by atoms with Crippen LogP contribution in [0.3, 0.4) is 0 Å². The molecule has 0 amide bonds. The summed E-state index contributed by atoms with van der Waals surface area (Å²) in [7, 11) is -3.67. The highest BCUT2D eigenvalue weighted by molar-refractivity contribution is 7.89. The fourth-order valence-electron chi connectivity index (χ4n) is 1.95. The number of rotatable bonds is 8. The summed E-state index contributed by atoms with van der Waals surface area (Å²) >= 11 is 0. The summed E-state index contributed by atoms with van der Waals surface area (Å²) in [4.78, 5) is 10.5. The maximum Gasteiger partial charge on any atom is 0.303 e. The van der Waals surface area contributed by atoms with Gasteiger partial charge >= 0.3 is 5.97 Å². The Kier molecular flexibility index (Phi) is 6.29. The number of sulfonamides is 1. The summed E-state index contributed by atoms with van der Waals surface area (Å²) in [6.45, 7) is 3.63. The molecule has 0 saturated heterocycles. The smallest absolute Gasteiger partial charge is 0.303 e. The van der Waals surface area contributed by atoms with Crippen molar-refractivity contribution < 1.29 is 22.7 Å². The van der Waals surface area contributed by atoms with E-state index in [2.05, 4.69) is 4.72 Å². The van der Waals surface area contributed by atoms with Crippen LogP contribution in [0.25, 0.3) is 0 Å². The van der Waals surface area contributed by atoms with Gasteiger partial charge in [-0.15, -0.1) is 0 Å². The Morgan fingerprint density at radius 3 is 2.62 bits per heavy atom. The second-order valence-corrected chi connectivity index (χ2v) is 6.87. The summed E-state index contributed by atoms with van der Waals surface area (Å²) in [6, 6.07) is 3.52. The minimum absolute atomic E-state index is 0.0575. The molecule has 0 aliphatic rings. The SMILES string of the molecule is Cc1cc(F)ccc1S(=O)(=O)NCCC(C)CCC(=O)O. The van der Waals surface area contributed by atoms with E-state index in [1.165, 1.54) is 19.1 Å². The van der Waals surface area contributed by atoms with E-state index in [0.29, 0.717) is 18.4 Å². The maximum atomic E-state index is 13.0. The molecule has 118 valence electrons. The third-order valence-corrected chi connectivity index (χ3v) is 4.83. The zero-order valence-corrected chi connectivity index (χ0v) is 12.9. The van der Waals surface area contributed by atoms with Crippen LogP contribution in [0.1, 0.15) is 31.7 Å². The standard InChI is InChI=1S/C14H20FNO4S/c1-10(3-6-14(17)18)7-8-16-21(19,20)13-5-4-12(15)9-11(13)2/h4-5,9-10,16H,3,6-8H2,1-2H3,(H,17,18). The third kappa shape index (κ3) is 5.81. The van der Waals surface area contributed by atoms with Gasteiger partial charge in [0.2, 0.25) is 10.0 Å². The van der Waals surface area contributed by atoms with Crippen molar-refractivity contribution in [2.45, 2.75) is 38.0 Å². The molecule has 0 heterocycles. The van der Waals surface area contributed by atoms with Crippen LogP contribution in [0.5, 0.6) is 0 Å². The lowest BCUT2D eigenvalue weighted by Crippen LogP contribution is -2.26. The molecule has 21 heavy (non-hydrogen) atoms. The van der Waals surface area contributed by atoms with Gasteiger partial charge in [-0.05, 0) is 49.4 Å². The first-order chi connectivity index (χ1) is 9.72. The quantitative estimate of drug-likeness (QED) is 0.770. The number of aryl methyl sites for hydroxylation is 1. The molecule has 0 spiro atoms. The summed E-state index contributed by atoms with van der Waals surface area (Å²) in [5, 5.41) is 8.58. The minimum atomic E-state index is -3.67. The van der Waals surface area contributed by atoms with Crippen molar-refractivity contribution in [3.8, 4) is 0 Å². The predicted molar refractivity (Wildman–Crippen MR) is 77.0 cm³/mol. The Balaban J connectivity index is 2.55. The highest BCUT2D eigenvalue weighted by atomic mass is 32.2. The first-order valence-electron chi connectivity index (χ1n) is 6.70.